The third-order valence-corrected chi connectivity index (χ3v) is 3.48. The van der Waals surface area contributed by atoms with E-state index in [-0.39, 0.29) is 5.91 Å². The first kappa shape index (κ1) is 19.2. The van der Waals surface area contributed by atoms with Gasteiger partial charge >= 0.3 is 0 Å². The quantitative estimate of drug-likeness (QED) is 0.692. The summed E-state index contributed by atoms with van der Waals surface area (Å²) in [6, 6.07) is 12.4. The minimum absolute atomic E-state index is 0.279. The van der Waals surface area contributed by atoms with Gasteiger partial charge in [-0.25, -0.2) is 4.98 Å². The van der Waals surface area contributed by atoms with Gasteiger partial charge in [-0.1, -0.05) is 18.2 Å². The van der Waals surface area contributed by atoms with Crippen LogP contribution in [0.5, 0.6) is 11.6 Å². The predicted octanol–water partition coefficient (Wildman–Crippen LogP) is 2.06. The summed E-state index contributed by atoms with van der Waals surface area (Å²) < 4.78 is 15.9. The standard InChI is InChI=1S/C19H21N3O4/c1-14(26-17-6-4-3-5-16(17)11-20)19(23)22-13-15-7-8-18(21-12-15)25-10-9-24-2/h3-8,12,14H,9-10,13H2,1-2H3,(H,22,23). The van der Waals surface area contributed by atoms with Gasteiger partial charge in [-0.3, -0.25) is 4.79 Å². The Balaban J connectivity index is 1.83. The van der Waals surface area contributed by atoms with Gasteiger partial charge in [0.2, 0.25) is 5.88 Å². The Bertz CT molecular complexity index is 756. The Hall–Kier alpha value is -3.11. The number of para-hydroxylation sites is 1. The van der Waals surface area contributed by atoms with E-state index in [1.807, 2.05) is 12.1 Å². The zero-order chi connectivity index (χ0) is 18.8. The zero-order valence-electron chi connectivity index (χ0n) is 14.8. The van der Waals surface area contributed by atoms with Gasteiger partial charge in [-0.05, 0) is 24.6 Å². The van der Waals surface area contributed by atoms with Gasteiger partial charge in [0.1, 0.15) is 18.4 Å². The number of nitrogens with zero attached hydrogens (tertiary/aromatic N) is 2. The number of ether oxygens (including phenoxy) is 3. The van der Waals surface area contributed by atoms with E-state index < -0.39 is 6.10 Å². The highest BCUT2D eigenvalue weighted by Gasteiger charge is 2.16. The molecule has 7 nitrogen and oxygen atoms in total. The summed E-state index contributed by atoms with van der Waals surface area (Å²) in [5.74, 6) is 0.608. The Morgan fingerprint density at radius 1 is 1.27 bits per heavy atom. The van der Waals surface area contributed by atoms with E-state index in [2.05, 4.69) is 10.3 Å². The normalized spacial score (nSPS) is 11.3. The van der Waals surface area contributed by atoms with Gasteiger partial charge in [0.15, 0.2) is 6.10 Å². The van der Waals surface area contributed by atoms with E-state index in [0.717, 1.165) is 5.56 Å². The Labute approximate surface area is 152 Å². The monoisotopic (exact) mass is 355 g/mol. The number of benzene rings is 1. The first-order valence-corrected chi connectivity index (χ1v) is 8.14. The van der Waals surface area contributed by atoms with E-state index in [1.54, 1.807) is 50.6 Å². The highest BCUT2D eigenvalue weighted by atomic mass is 16.5. The highest BCUT2D eigenvalue weighted by molar-refractivity contribution is 5.80. The number of hydrogen-bond donors (Lipinski definition) is 1. The number of hydrogen-bond acceptors (Lipinski definition) is 6. The molecule has 0 bridgehead atoms. The van der Waals surface area contributed by atoms with Crippen molar-refractivity contribution in [3.05, 3.63) is 53.7 Å². The molecule has 2 rings (SSSR count). The predicted molar refractivity (Wildman–Crippen MR) is 94.7 cm³/mol. The average molecular weight is 355 g/mol. The maximum atomic E-state index is 12.2. The second kappa shape index (κ2) is 10.0. The first-order chi connectivity index (χ1) is 12.6. The molecular weight excluding hydrogens is 334 g/mol. The van der Waals surface area contributed by atoms with Gasteiger partial charge in [0, 0.05) is 25.9 Å². The molecule has 1 unspecified atom stereocenters. The summed E-state index contributed by atoms with van der Waals surface area (Å²) in [6.07, 6.45) is 0.910. The van der Waals surface area contributed by atoms with Gasteiger partial charge in [0.25, 0.3) is 5.91 Å². The molecule has 0 saturated heterocycles. The lowest BCUT2D eigenvalue weighted by Gasteiger charge is -2.15. The van der Waals surface area contributed by atoms with Crippen molar-refractivity contribution in [1.82, 2.24) is 10.3 Å². The smallest absolute Gasteiger partial charge is 0.261 e. The second-order valence-electron chi connectivity index (χ2n) is 5.43. The molecule has 0 fully saturated rings. The van der Waals surface area contributed by atoms with Gasteiger partial charge in [-0.15, -0.1) is 0 Å². The minimum atomic E-state index is -0.728. The molecule has 26 heavy (non-hydrogen) atoms. The third kappa shape index (κ3) is 5.76. The number of rotatable bonds is 9. The van der Waals surface area contributed by atoms with Crippen molar-refractivity contribution in [2.24, 2.45) is 0 Å². The van der Waals surface area contributed by atoms with Gasteiger partial charge in [0.05, 0.1) is 12.2 Å². The summed E-state index contributed by atoms with van der Waals surface area (Å²) >= 11 is 0. The summed E-state index contributed by atoms with van der Waals surface area (Å²) in [5.41, 5.74) is 1.22. The molecule has 0 aliphatic rings. The molecule has 1 aromatic heterocycles. The van der Waals surface area contributed by atoms with E-state index in [0.29, 0.717) is 37.0 Å². The van der Waals surface area contributed by atoms with Crippen LogP contribution in [0.15, 0.2) is 42.6 Å². The molecular formula is C19H21N3O4. The molecule has 1 N–H and O–H groups in total. The summed E-state index contributed by atoms with van der Waals surface area (Å²) in [7, 11) is 1.60. The fourth-order valence-corrected chi connectivity index (χ4v) is 2.07. The fourth-order valence-electron chi connectivity index (χ4n) is 2.07. The Kier molecular flexibility index (Phi) is 7.40. The van der Waals surface area contributed by atoms with Crippen LogP contribution in [0.25, 0.3) is 0 Å². The zero-order valence-corrected chi connectivity index (χ0v) is 14.8. The molecule has 1 heterocycles. The van der Waals surface area contributed by atoms with Crippen LogP contribution in [0, 0.1) is 11.3 Å². The van der Waals surface area contributed by atoms with E-state index >= 15 is 0 Å². The van der Waals surface area contributed by atoms with Crippen molar-refractivity contribution in [2.75, 3.05) is 20.3 Å². The number of carbonyl (C=O) groups is 1. The number of pyridine rings is 1. The number of nitriles is 1. The van der Waals surface area contributed by atoms with Crippen molar-refractivity contribution < 1.29 is 19.0 Å². The second-order valence-corrected chi connectivity index (χ2v) is 5.43. The van der Waals surface area contributed by atoms with Crippen LogP contribution in [0.3, 0.4) is 0 Å². The molecule has 0 aliphatic heterocycles. The SMILES string of the molecule is COCCOc1ccc(CNC(=O)C(C)Oc2ccccc2C#N)cn1. The average Bonchev–Trinajstić information content (AvgIpc) is 2.67. The maximum Gasteiger partial charge on any atom is 0.261 e. The van der Waals surface area contributed by atoms with Crippen LogP contribution in [0.2, 0.25) is 0 Å². The summed E-state index contributed by atoms with van der Waals surface area (Å²) in [4.78, 5) is 16.4. The van der Waals surface area contributed by atoms with E-state index in [1.165, 1.54) is 0 Å². The van der Waals surface area contributed by atoms with Crippen LogP contribution in [-0.4, -0.2) is 37.3 Å². The lowest BCUT2D eigenvalue weighted by Crippen LogP contribution is -2.36. The molecule has 0 saturated carbocycles. The molecule has 0 radical (unpaired) electrons. The van der Waals surface area contributed by atoms with Gasteiger partial charge < -0.3 is 19.5 Å². The van der Waals surface area contributed by atoms with E-state index in [4.69, 9.17) is 19.5 Å². The third-order valence-electron chi connectivity index (χ3n) is 3.48. The molecule has 1 atom stereocenters. The molecule has 2 aromatic rings. The van der Waals surface area contributed by atoms with Crippen molar-refractivity contribution in [1.29, 1.82) is 5.26 Å². The highest BCUT2D eigenvalue weighted by Crippen LogP contribution is 2.18. The molecule has 1 amide bonds. The van der Waals surface area contributed by atoms with Crippen LogP contribution < -0.4 is 14.8 Å². The van der Waals surface area contributed by atoms with E-state index in [9.17, 15) is 4.79 Å². The molecule has 1 aromatic carbocycles. The summed E-state index contributed by atoms with van der Waals surface area (Å²) in [6.45, 7) is 2.87. The number of methoxy groups -OCH3 is 1. The van der Waals surface area contributed by atoms with Crippen LogP contribution in [0.1, 0.15) is 18.1 Å². The molecule has 0 spiro atoms. The van der Waals surface area contributed by atoms with Crippen molar-refractivity contribution in [2.45, 2.75) is 19.6 Å². The molecule has 0 aliphatic carbocycles. The largest absolute Gasteiger partial charge is 0.480 e. The summed E-state index contributed by atoms with van der Waals surface area (Å²) in [5, 5.41) is 11.8. The van der Waals surface area contributed by atoms with Crippen LogP contribution >= 0.6 is 0 Å². The van der Waals surface area contributed by atoms with Crippen molar-refractivity contribution >= 4 is 5.91 Å². The van der Waals surface area contributed by atoms with Crippen LogP contribution in [0.4, 0.5) is 0 Å². The topological polar surface area (TPSA) is 93.5 Å². The molecule has 7 heteroatoms. The van der Waals surface area contributed by atoms with Crippen molar-refractivity contribution in [3.8, 4) is 17.7 Å². The van der Waals surface area contributed by atoms with Crippen molar-refractivity contribution in [3.63, 3.8) is 0 Å². The Morgan fingerprint density at radius 3 is 2.77 bits per heavy atom. The van der Waals surface area contributed by atoms with Gasteiger partial charge in [-0.2, -0.15) is 5.26 Å². The lowest BCUT2D eigenvalue weighted by atomic mass is 10.2. The number of nitrogens with one attached hydrogen (secondary N) is 1. The molecule has 136 valence electrons. The number of amides is 1. The number of carbonyl (C=O) groups excluding carboxylic acids is 1. The minimum Gasteiger partial charge on any atom is -0.480 e. The fraction of sp³-hybridized carbons (Fsp3) is 0.316. The first-order valence-electron chi connectivity index (χ1n) is 8.14. The number of aromatic nitrogens is 1. The van der Waals surface area contributed by atoms with Crippen LogP contribution in [-0.2, 0) is 16.1 Å². The lowest BCUT2D eigenvalue weighted by molar-refractivity contribution is -0.127. The maximum absolute atomic E-state index is 12.2. The Morgan fingerprint density at radius 2 is 2.08 bits per heavy atom.